The summed E-state index contributed by atoms with van der Waals surface area (Å²) < 4.78 is 0. The molecule has 0 amide bonds. The molecule has 1 unspecified atom stereocenters. The minimum Gasteiger partial charge on any atom is -0.373 e. The number of aromatic nitrogens is 1. The van der Waals surface area contributed by atoms with Gasteiger partial charge < -0.3 is 5.32 Å². The van der Waals surface area contributed by atoms with Crippen molar-refractivity contribution in [2.45, 2.75) is 13.0 Å². The lowest BCUT2D eigenvalue weighted by molar-refractivity contribution is -0.384. The van der Waals surface area contributed by atoms with Crippen molar-refractivity contribution in [2.75, 3.05) is 5.32 Å². The largest absolute Gasteiger partial charge is 0.373 e. The smallest absolute Gasteiger partial charge is 0.293 e. The highest BCUT2D eigenvalue weighted by Gasteiger charge is 2.16. The fourth-order valence-electron chi connectivity index (χ4n) is 1.73. The van der Waals surface area contributed by atoms with Crippen LogP contribution in [-0.4, -0.2) is 9.91 Å². The zero-order valence-electron chi connectivity index (χ0n) is 10.6. The van der Waals surface area contributed by atoms with Crippen LogP contribution in [0.15, 0.2) is 42.7 Å². The van der Waals surface area contributed by atoms with Gasteiger partial charge in [0, 0.05) is 23.5 Å². The molecule has 1 atom stereocenters. The summed E-state index contributed by atoms with van der Waals surface area (Å²) in [6, 6.07) is 8.20. The predicted octanol–water partition coefficient (Wildman–Crippen LogP) is 4.24. The Labute approximate surface area is 127 Å². The summed E-state index contributed by atoms with van der Waals surface area (Å²) in [5.41, 5.74) is 1.35. The van der Waals surface area contributed by atoms with E-state index in [0.717, 1.165) is 5.56 Å². The van der Waals surface area contributed by atoms with Crippen LogP contribution < -0.4 is 5.32 Å². The van der Waals surface area contributed by atoms with Gasteiger partial charge in [0.25, 0.3) is 5.69 Å². The molecule has 7 heteroatoms. The molecule has 0 spiro atoms. The lowest BCUT2D eigenvalue weighted by Crippen LogP contribution is -2.08. The second-order valence-electron chi connectivity index (χ2n) is 4.07. The minimum absolute atomic E-state index is 0. The summed E-state index contributed by atoms with van der Waals surface area (Å²) in [6.07, 6.45) is 3.40. The van der Waals surface area contributed by atoms with Gasteiger partial charge in [0.05, 0.1) is 11.0 Å². The van der Waals surface area contributed by atoms with E-state index in [9.17, 15) is 10.1 Å². The zero-order chi connectivity index (χ0) is 13.8. The van der Waals surface area contributed by atoms with Crippen LogP contribution in [0.1, 0.15) is 18.5 Å². The van der Waals surface area contributed by atoms with E-state index in [1.54, 1.807) is 24.5 Å². The molecule has 2 aromatic rings. The average molecular weight is 314 g/mol. The molecular weight excluding hydrogens is 301 g/mol. The number of nitro benzene ring substituents is 1. The summed E-state index contributed by atoms with van der Waals surface area (Å²) in [7, 11) is 0. The lowest BCUT2D eigenvalue weighted by Gasteiger charge is -2.15. The third kappa shape index (κ3) is 3.82. The standard InChI is InChI=1S/C13H12ClN3O2.ClH/c1-9(10-3-2-6-15-8-10)16-12-5-4-11(14)7-13(12)17(18)19;/h2-9,16H,1H3;1H. The van der Waals surface area contributed by atoms with E-state index in [-0.39, 0.29) is 24.1 Å². The van der Waals surface area contributed by atoms with E-state index in [4.69, 9.17) is 11.6 Å². The summed E-state index contributed by atoms with van der Waals surface area (Å²) in [6.45, 7) is 1.91. The maximum absolute atomic E-state index is 11.0. The molecule has 0 fully saturated rings. The first-order valence-corrected chi connectivity index (χ1v) is 6.06. The van der Waals surface area contributed by atoms with Crippen LogP contribution in [0.3, 0.4) is 0 Å². The van der Waals surface area contributed by atoms with E-state index >= 15 is 0 Å². The second-order valence-corrected chi connectivity index (χ2v) is 4.51. The van der Waals surface area contributed by atoms with Gasteiger partial charge in [0.15, 0.2) is 0 Å². The van der Waals surface area contributed by atoms with Crippen LogP contribution in [0.5, 0.6) is 0 Å². The molecule has 0 radical (unpaired) electrons. The molecule has 0 saturated heterocycles. The molecule has 20 heavy (non-hydrogen) atoms. The van der Waals surface area contributed by atoms with Crippen LogP contribution in [0.25, 0.3) is 0 Å². The van der Waals surface area contributed by atoms with Gasteiger partial charge in [0.2, 0.25) is 0 Å². The Morgan fingerprint density at radius 2 is 2.15 bits per heavy atom. The summed E-state index contributed by atoms with van der Waals surface area (Å²) >= 11 is 5.77. The monoisotopic (exact) mass is 313 g/mol. The van der Waals surface area contributed by atoms with Gasteiger partial charge in [-0.2, -0.15) is 0 Å². The first kappa shape index (κ1) is 16.2. The molecule has 5 nitrogen and oxygen atoms in total. The molecule has 0 saturated carbocycles. The number of nitro groups is 1. The molecule has 1 aromatic heterocycles. The fourth-order valence-corrected chi connectivity index (χ4v) is 1.89. The highest BCUT2D eigenvalue weighted by molar-refractivity contribution is 6.30. The van der Waals surface area contributed by atoms with Gasteiger partial charge in [-0.05, 0) is 30.7 Å². The zero-order valence-corrected chi connectivity index (χ0v) is 12.2. The number of nitrogens with zero attached hydrogens (tertiary/aromatic N) is 2. The topological polar surface area (TPSA) is 68.1 Å². The van der Waals surface area contributed by atoms with Crippen molar-refractivity contribution in [3.8, 4) is 0 Å². The Morgan fingerprint density at radius 1 is 1.40 bits per heavy atom. The number of halogens is 2. The number of anilines is 1. The van der Waals surface area contributed by atoms with Crippen molar-refractivity contribution in [1.82, 2.24) is 4.98 Å². The molecular formula is C13H13Cl2N3O2. The normalized spacial score (nSPS) is 11.3. The van der Waals surface area contributed by atoms with Crippen molar-refractivity contribution in [2.24, 2.45) is 0 Å². The molecule has 0 bridgehead atoms. The SMILES string of the molecule is CC(Nc1ccc(Cl)cc1[N+](=O)[O-])c1cccnc1.Cl. The molecule has 1 heterocycles. The lowest BCUT2D eigenvalue weighted by atomic mass is 10.1. The number of benzene rings is 1. The number of rotatable bonds is 4. The summed E-state index contributed by atoms with van der Waals surface area (Å²) in [4.78, 5) is 14.6. The van der Waals surface area contributed by atoms with Crippen molar-refractivity contribution in [1.29, 1.82) is 0 Å². The van der Waals surface area contributed by atoms with E-state index in [1.165, 1.54) is 6.07 Å². The Balaban J connectivity index is 0.00000200. The third-order valence-corrected chi connectivity index (χ3v) is 2.95. The maximum atomic E-state index is 11.0. The van der Waals surface area contributed by atoms with Gasteiger partial charge in [-0.3, -0.25) is 15.1 Å². The van der Waals surface area contributed by atoms with E-state index in [0.29, 0.717) is 10.7 Å². The van der Waals surface area contributed by atoms with Gasteiger partial charge >= 0.3 is 0 Å². The Morgan fingerprint density at radius 3 is 2.75 bits per heavy atom. The van der Waals surface area contributed by atoms with Crippen molar-refractivity contribution < 1.29 is 4.92 Å². The van der Waals surface area contributed by atoms with E-state index in [2.05, 4.69) is 10.3 Å². The van der Waals surface area contributed by atoms with E-state index in [1.807, 2.05) is 19.1 Å². The molecule has 1 N–H and O–H groups in total. The Bertz CT molecular complexity index is 593. The Hall–Kier alpha value is -1.85. The van der Waals surface area contributed by atoms with Crippen LogP contribution in [0.4, 0.5) is 11.4 Å². The van der Waals surface area contributed by atoms with Crippen LogP contribution in [0.2, 0.25) is 5.02 Å². The quantitative estimate of drug-likeness (QED) is 0.677. The highest BCUT2D eigenvalue weighted by atomic mass is 35.5. The first-order valence-electron chi connectivity index (χ1n) is 5.68. The van der Waals surface area contributed by atoms with Gasteiger partial charge in [-0.1, -0.05) is 17.7 Å². The number of hydrogen-bond donors (Lipinski definition) is 1. The van der Waals surface area contributed by atoms with Crippen molar-refractivity contribution >= 4 is 35.4 Å². The molecule has 0 aliphatic carbocycles. The van der Waals surface area contributed by atoms with Gasteiger partial charge in [-0.25, -0.2) is 0 Å². The van der Waals surface area contributed by atoms with E-state index < -0.39 is 4.92 Å². The molecule has 1 aromatic carbocycles. The Kier molecular flexibility index (Phi) is 5.73. The van der Waals surface area contributed by atoms with Crippen molar-refractivity contribution in [3.63, 3.8) is 0 Å². The fraction of sp³-hybridized carbons (Fsp3) is 0.154. The average Bonchev–Trinajstić information content (AvgIpc) is 2.41. The molecule has 0 aliphatic heterocycles. The highest BCUT2D eigenvalue weighted by Crippen LogP contribution is 2.30. The number of nitrogens with one attached hydrogen (secondary N) is 1. The van der Waals surface area contributed by atoms with Crippen LogP contribution >= 0.6 is 24.0 Å². The number of pyridine rings is 1. The van der Waals surface area contributed by atoms with Crippen molar-refractivity contribution in [3.05, 3.63) is 63.4 Å². The predicted molar refractivity (Wildman–Crippen MR) is 81.6 cm³/mol. The molecule has 106 valence electrons. The summed E-state index contributed by atoms with van der Waals surface area (Å²) in [5, 5.41) is 14.4. The molecule has 2 rings (SSSR count). The number of hydrogen-bond acceptors (Lipinski definition) is 4. The maximum Gasteiger partial charge on any atom is 0.293 e. The summed E-state index contributed by atoms with van der Waals surface area (Å²) in [5.74, 6) is 0. The molecule has 0 aliphatic rings. The van der Waals surface area contributed by atoms with Crippen LogP contribution in [-0.2, 0) is 0 Å². The van der Waals surface area contributed by atoms with Gasteiger partial charge in [-0.15, -0.1) is 12.4 Å². The van der Waals surface area contributed by atoms with Crippen LogP contribution in [0, 0.1) is 10.1 Å². The minimum atomic E-state index is -0.454. The van der Waals surface area contributed by atoms with Gasteiger partial charge in [0.1, 0.15) is 5.69 Å². The third-order valence-electron chi connectivity index (χ3n) is 2.71. The first-order chi connectivity index (χ1) is 9.08. The second kappa shape index (κ2) is 7.07.